The molecule has 0 aromatic carbocycles. The number of aromatic nitrogens is 2. The van der Waals surface area contributed by atoms with E-state index in [1.165, 1.54) is 10.9 Å². The Morgan fingerprint density at radius 3 is 3.15 bits per heavy atom. The SMILES string of the molecule is CC(CBr)c1ccnc2[nH]ccc12. The van der Waals surface area contributed by atoms with Gasteiger partial charge in [-0.05, 0) is 23.6 Å². The van der Waals surface area contributed by atoms with Crippen molar-refractivity contribution in [2.75, 3.05) is 5.33 Å². The summed E-state index contributed by atoms with van der Waals surface area (Å²) in [7, 11) is 0. The number of alkyl halides is 1. The van der Waals surface area contributed by atoms with Crippen LogP contribution >= 0.6 is 15.9 Å². The van der Waals surface area contributed by atoms with Gasteiger partial charge >= 0.3 is 0 Å². The van der Waals surface area contributed by atoms with Crippen molar-refractivity contribution in [2.24, 2.45) is 0 Å². The molecule has 0 bridgehead atoms. The normalized spacial score (nSPS) is 13.4. The fourth-order valence-electron chi connectivity index (χ4n) is 1.50. The van der Waals surface area contributed by atoms with Crippen molar-refractivity contribution in [1.82, 2.24) is 9.97 Å². The first-order valence-corrected chi connectivity index (χ1v) is 5.43. The molecule has 68 valence electrons. The number of nitrogens with one attached hydrogen (secondary N) is 1. The number of aromatic amines is 1. The maximum absolute atomic E-state index is 4.25. The van der Waals surface area contributed by atoms with Crippen LogP contribution in [0.15, 0.2) is 24.5 Å². The van der Waals surface area contributed by atoms with E-state index in [0.29, 0.717) is 5.92 Å². The zero-order chi connectivity index (χ0) is 9.26. The molecule has 2 heterocycles. The van der Waals surface area contributed by atoms with E-state index >= 15 is 0 Å². The fraction of sp³-hybridized carbons (Fsp3) is 0.300. The van der Waals surface area contributed by atoms with E-state index in [1.807, 2.05) is 12.4 Å². The van der Waals surface area contributed by atoms with Gasteiger partial charge in [-0.3, -0.25) is 0 Å². The highest BCUT2D eigenvalue weighted by Crippen LogP contribution is 2.24. The van der Waals surface area contributed by atoms with Crippen molar-refractivity contribution in [2.45, 2.75) is 12.8 Å². The Morgan fingerprint density at radius 2 is 2.38 bits per heavy atom. The average molecular weight is 239 g/mol. The van der Waals surface area contributed by atoms with Gasteiger partial charge in [0.15, 0.2) is 0 Å². The topological polar surface area (TPSA) is 28.7 Å². The third kappa shape index (κ3) is 1.48. The van der Waals surface area contributed by atoms with Crippen molar-refractivity contribution >= 4 is 27.0 Å². The molecule has 1 unspecified atom stereocenters. The van der Waals surface area contributed by atoms with Gasteiger partial charge in [-0.15, -0.1) is 0 Å². The van der Waals surface area contributed by atoms with Crippen molar-refractivity contribution in [3.05, 3.63) is 30.1 Å². The van der Waals surface area contributed by atoms with Crippen LogP contribution in [0.5, 0.6) is 0 Å². The lowest BCUT2D eigenvalue weighted by Crippen LogP contribution is -1.95. The highest BCUT2D eigenvalue weighted by atomic mass is 79.9. The number of hydrogen-bond donors (Lipinski definition) is 1. The van der Waals surface area contributed by atoms with Gasteiger partial charge in [-0.1, -0.05) is 22.9 Å². The van der Waals surface area contributed by atoms with Crippen LogP contribution < -0.4 is 0 Å². The first-order chi connectivity index (χ1) is 6.33. The molecular formula is C10H11BrN2. The Kier molecular flexibility index (Phi) is 2.36. The van der Waals surface area contributed by atoms with Crippen molar-refractivity contribution < 1.29 is 0 Å². The van der Waals surface area contributed by atoms with Crippen LogP contribution in [0.4, 0.5) is 0 Å². The van der Waals surface area contributed by atoms with E-state index in [2.05, 4.69) is 45.0 Å². The molecule has 2 aromatic heterocycles. The summed E-state index contributed by atoms with van der Waals surface area (Å²) < 4.78 is 0. The molecular weight excluding hydrogens is 228 g/mol. The van der Waals surface area contributed by atoms with Crippen LogP contribution in [0.1, 0.15) is 18.4 Å². The minimum Gasteiger partial charge on any atom is -0.346 e. The molecule has 0 fully saturated rings. The summed E-state index contributed by atoms with van der Waals surface area (Å²) in [6.45, 7) is 2.20. The maximum Gasteiger partial charge on any atom is 0.137 e. The van der Waals surface area contributed by atoms with Crippen LogP contribution in [0.2, 0.25) is 0 Å². The van der Waals surface area contributed by atoms with Gasteiger partial charge in [-0.2, -0.15) is 0 Å². The summed E-state index contributed by atoms with van der Waals surface area (Å²) in [5.41, 5.74) is 2.33. The molecule has 1 N–H and O–H groups in total. The van der Waals surface area contributed by atoms with Crippen LogP contribution in [0, 0.1) is 0 Å². The lowest BCUT2D eigenvalue weighted by atomic mass is 10.0. The highest BCUT2D eigenvalue weighted by molar-refractivity contribution is 9.09. The largest absolute Gasteiger partial charge is 0.346 e. The predicted molar refractivity (Wildman–Crippen MR) is 58.3 cm³/mol. The quantitative estimate of drug-likeness (QED) is 0.801. The lowest BCUT2D eigenvalue weighted by molar-refractivity contribution is 0.896. The molecule has 0 aliphatic heterocycles. The smallest absolute Gasteiger partial charge is 0.137 e. The summed E-state index contributed by atoms with van der Waals surface area (Å²) in [5, 5.41) is 2.21. The van der Waals surface area contributed by atoms with Crippen LogP contribution in [0.25, 0.3) is 11.0 Å². The van der Waals surface area contributed by atoms with Gasteiger partial charge in [0.25, 0.3) is 0 Å². The molecule has 3 heteroatoms. The van der Waals surface area contributed by atoms with Gasteiger partial charge < -0.3 is 4.98 Å². The number of hydrogen-bond acceptors (Lipinski definition) is 1. The summed E-state index contributed by atoms with van der Waals surface area (Å²) >= 11 is 3.49. The van der Waals surface area contributed by atoms with E-state index in [1.54, 1.807) is 0 Å². The third-order valence-corrected chi connectivity index (χ3v) is 3.23. The van der Waals surface area contributed by atoms with Gasteiger partial charge in [0.1, 0.15) is 5.65 Å². The number of halogens is 1. The summed E-state index contributed by atoms with van der Waals surface area (Å²) in [4.78, 5) is 7.36. The van der Waals surface area contributed by atoms with E-state index in [9.17, 15) is 0 Å². The Bertz CT molecular complexity index is 408. The third-order valence-electron chi connectivity index (χ3n) is 2.26. The Labute approximate surface area is 85.5 Å². The Balaban J connectivity index is 2.60. The van der Waals surface area contributed by atoms with E-state index < -0.39 is 0 Å². The highest BCUT2D eigenvalue weighted by Gasteiger charge is 2.08. The molecule has 2 aromatic rings. The number of pyridine rings is 1. The Hall–Kier alpha value is -0.830. The van der Waals surface area contributed by atoms with Gasteiger partial charge in [0.2, 0.25) is 0 Å². The molecule has 13 heavy (non-hydrogen) atoms. The molecule has 2 rings (SSSR count). The molecule has 0 saturated heterocycles. The van der Waals surface area contributed by atoms with E-state index in [0.717, 1.165) is 11.0 Å². The zero-order valence-electron chi connectivity index (χ0n) is 7.42. The average Bonchev–Trinajstić information content (AvgIpc) is 2.63. The Morgan fingerprint density at radius 1 is 1.54 bits per heavy atom. The number of nitrogens with zero attached hydrogens (tertiary/aromatic N) is 1. The second kappa shape index (κ2) is 3.50. The minimum atomic E-state index is 0.529. The van der Waals surface area contributed by atoms with Crippen molar-refractivity contribution in [1.29, 1.82) is 0 Å². The minimum absolute atomic E-state index is 0.529. The zero-order valence-corrected chi connectivity index (χ0v) is 9.01. The number of fused-ring (bicyclic) bond motifs is 1. The number of rotatable bonds is 2. The molecule has 0 saturated carbocycles. The predicted octanol–water partition coefficient (Wildman–Crippen LogP) is 3.06. The van der Waals surface area contributed by atoms with Gasteiger partial charge in [0.05, 0.1) is 0 Å². The summed E-state index contributed by atoms with van der Waals surface area (Å²) in [6.07, 6.45) is 3.79. The first kappa shape index (κ1) is 8.75. The van der Waals surface area contributed by atoms with Crippen molar-refractivity contribution in [3.63, 3.8) is 0 Å². The number of H-pyrrole nitrogens is 1. The van der Waals surface area contributed by atoms with Gasteiger partial charge in [0, 0.05) is 23.1 Å². The van der Waals surface area contributed by atoms with E-state index in [4.69, 9.17) is 0 Å². The van der Waals surface area contributed by atoms with Crippen LogP contribution in [0.3, 0.4) is 0 Å². The van der Waals surface area contributed by atoms with E-state index in [-0.39, 0.29) is 0 Å². The van der Waals surface area contributed by atoms with Crippen LogP contribution in [-0.4, -0.2) is 15.3 Å². The molecule has 2 nitrogen and oxygen atoms in total. The lowest BCUT2D eigenvalue weighted by Gasteiger charge is -2.08. The molecule has 0 amide bonds. The molecule has 0 radical (unpaired) electrons. The molecule has 0 spiro atoms. The van der Waals surface area contributed by atoms with Gasteiger partial charge in [-0.25, -0.2) is 4.98 Å². The fourth-order valence-corrected chi connectivity index (χ4v) is 1.84. The summed E-state index contributed by atoms with van der Waals surface area (Å²) in [6, 6.07) is 4.17. The standard InChI is InChI=1S/C10H11BrN2/c1-7(6-11)8-2-4-12-10-9(8)3-5-13-10/h2-5,7H,6H2,1H3,(H,12,13). The second-order valence-corrected chi connectivity index (χ2v) is 3.84. The molecule has 1 atom stereocenters. The van der Waals surface area contributed by atoms with Crippen molar-refractivity contribution in [3.8, 4) is 0 Å². The maximum atomic E-state index is 4.25. The van der Waals surface area contributed by atoms with Crippen LogP contribution in [-0.2, 0) is 0 Å². The monoisotopic (exact) mass is 238 g/mol. The summed E-state index contributed by atoms with van der Waals surface area (Å²) in [5.74, 6) is 0.529. The molecule has 0 aliphatic carbocycles. The first-order valence-electron chi connectivity index (χ1n) is 4.31. The second-order valence-electron chi connectivity index (χ2n) is 3.20. The molecule has 0 aliphatic rings.